The van der Waals surface area contributed by atoms with E-state index in [9.17, 15) is 18.0 Å². The Hall–Kier alpha value is -1.93. The number of nitrogens with one attached hydrogen (secondary N) is 1. The number of carbonyl (C=O) groups excluding carboxylic acids is 2. The van der Waals surface area contributed by atoms with Crippen LogP contribution in [0.5, 0.6) is 0 Å². The molecule has 0 spiro atoms. The Balaban J connectivity index is 1.48. The second-order valence-corrected chi connectivity index (χ2v) is 11.4. The summed E-state index contributed by atoms with van der Waals surface area (Å²) in [6.07, 6.45) is 9.45. The molecule has 1 aromatic carbocycles. The zero-order chi connectivity index (χ0) is 22.7. The molecule has 1 aliphatic carbocycles. The molecule has 2 amide bonds. The number of nitrogens with zero attached hydrogens (tertiary/aromatic N) is 2. The number of aryl methyl sites for hydroxylation is 1. The minimum Gasteiger partial charge on any atom is -0.330 e. The molecule has 176 valence electrons. The average Bonchev–Trinajstić information content (AvgIpc) is 3.31. The minimum absolute atomic E-state index is 0.0396. The number of anilines is 1. The number of hydrogen-bond donors (Lipinski definition) is 1. The van der Waals surface area contributed by atoms with E-state index in [2.05, 4.69) is 5.32 Å². The predicted octanol–water partition coefficient (Wildman–Crippen LogP) is 3.68. The van der Waals surface area contributed by atoms with Crippen LogP contribution in [0.3, 0.4) is 0 Å². The summed E-state index contributed by atoms with van der Waals surface area (Å²) in [6, 6.07) is 4.57. The van der Waals surface area contributed by atoms with Crippen molar-refractivity contribution < 1.29 is 18.0 Å². The van der Waals surface area contributed by atoms with Gasteiger partial charge >= 0.3 is 0 Å². The van der Waals surface area contributed by atoms with Crippen molar-refractivity contribution in [1.29, 1.82) is 0 Å². The summed E-state index contributed by atoms with van der Waals surface area (Å²) >= 11 is 0. The lowest BCUT2D eigenvalue weighted by atomic mass is 9.88. The van der Waals surface area contributed by atoms with Gasteiger partial charge in [-0.15, -0.1) is 0 Å². The van der Waals surface area contributed by atoms with Gasteiger partial charge in [0, 0.05) is 31.2 Å². The molecule has 4 rings (SSSR count). The highest BCUT2D eigenvalue weighted by Gasteiger charge is 2.37. The Labute approximate surface area is 191 Å². The molecule has 7 nitrogen and oxygen atoms in total. The average molecular weight is 462 g/mol. The first-order valence-corrected chi connectivity index (χ1v) is 13.5. The van der Waals surface area contributed by atoms with Gasteiger partial charge in [0.15, 0.2) is 0 Å². The molecule has 1 unspecified atom stereocenters. The van der Waals surface area contributed by atoms with Crippen LogP contribution in [0.1, 0.15) is 69.8 Å². The maximum atomic E-state index is 13.2. The van der Waals surface area contributed by atoms with Crippen LogP contribution in [-0.4, -0.2) is 55.1 Å². The molecule has 0 aromatic heterocycles. The molecular weight excluding hydrogens is 426 g/mol. The fourth-order valence-corrected chi connectivity index (χ4v) is 7.08. The number of rotatable bonds is 5. The lowest BCUT2D eigenvalue weighted by molar-refractivity contribution is -0.141. The Kier molecular flexibility index (Phi) is 7.20. The monoisotopic (exact) mass is 461 g/mol. The highest BCUT2D eigenvalue weighted by atomic mass is 32.2. The van der Waals surface area contributed by atoms with Gasteiger partial charge in [-0.05, 0) is 63.1 Å². The highest BCUT2D eigenvalue weighted by Crippen LogP contribution is 2.30. The predicted molar refractivity (Wildman–Crippen MR) is 124 cm³/mol. The van der Waals surface area contributed by atoms with Crippen LogP contribution in [0, 0.1) is 12.8 Å². The van der Waals surface area contributed by atoms with Gasteiger partial charge in [-0.2, -0.15) is 4.31 Å². The van der Waals surface area contributed by atoms with Crippen molar-refractivity contribution in [3.63, 3.8) is 0 Å². The maximum Gasteiger partial charge on any atom is 0.247 e. The Morgan fingerprint density at radius 3 is 2.31 bits per heavy atom. The van der Waals surface area contributed by atoms with E-state index in [4.69, 9.17) is 0 Å². The van der Waals surface area contributed by atoms with Gasteiger partial charge in [0.25, 0.3) is 0 Å². The number of carbonyl (C=O) groups is 2. The van der Waals surface area contributed by atoms with E-state index in [0.29, 0.717) is 37.3 Å². The maximum absolute atomic E-state index is 13.2. The van der Waals surface area contributed by atoms with Crippen molar-refractivity contribution >= 4 is 27.5 Å². The van der Waals surface area contributed by atoms with Crippen LogP contribution in [0.25, 0.3) is 0 Å². The summed E-state index contributed by atoms with van der Waals surface area (Å²) in [7, 11) is -3.59. The molecule has 32 heavy (non-hydrogen) atoms. The molecule has 2 aliphatic heterocycles. The second-order valence-electron chi connectivity index (χ2n) is 9.46. The van der Waals surface area contributed by atoms with Crippen LogP contribution >= 0.6 is 0 Å². The zero-order valence-electron chi connectivity index (χ0n) is 19.0. The molecule has 1 aromatic rings. The molecule has 1 N–H and O–H groups in total. The molecular formula is C24H35N3O4S. The summed E-state index contributed by atoms with van der Waals surface area (Å²) in [6.45, 7) is 3.48. The zero-order valence-corrected chi connectivity index (χ0v) is 19.8. The van der Waals surface area contributed by atoms with Gasteiger partial charge in [0.05, 0.1) is 4.90 Å². The number of hydrogen-bond acceptors (Lipinski definition) is 4. The minimum atomic E-state index is -3.59. The number of likely N-dealkylation sites (tertiary alicyclic amines) is 1. The first kappa shape index (κ1) is 23.2. The molecule has 2 heterocycles. The molecule has 3 fully saturated rings. The Morgan fingerprint density at radius 2 is 1.59 bits per heavy atom. The third-order valence-corrected chi connectivity index (χ3v) is 9.22. The van der Waals surface area contributed by atoms with E-state index >= 15 is 0 Å². The first-order chi connectivity index (χ1) is 15.4. The van der Waals surface area contributed by atoms with Gasteiger partial charge in [-0.1, -0.05) is 31.7 Å². The number of benzene rings is 1. The van der Waals surface area contributed by atoms with Crippen molar-refractivity contribution in [1.82, 2.24) is 9.21 Å². The van der Waals surface area contributed by atoms with E-state index in [-0.39, 0.29) is 22.6 Å². The van der Waals surface area contributed by atoms with Gasteiger partial charge in [0.2, 0.25) is 21.8 Å². The van der Waals surface area contributed by atoms with E-state index in [0.717, 1.165) is 51.4 Å². The first-order valence-electron chi connectivity index (χ1n) is 12.1. The molecule has 3 aliphatic rings. The molecule has 0 radical (unpaired) electrons. The summed E-state index contributed by atoms with van der Waals surface area (Å²) in [5.74, 6) is -0.0748. The lowest BCUT2D eigenvalue weighted by Crippen LogP contribution is -2.46. The van der Waals surface area contributed by atoms with E-state index in [1.807, 2.05) is 0 Å². The third kappa shape index (κ3) is 4.86. The van der Waals surface area contributed by atoms with Gasteiger partial charge in [-0.25, -0.2) is 8.42 Å². The molecule has 8 heteroatoms. The SMILES string of the molecule is Cc1ccc(NC(=O)C2CCCN2C(=O)C2CCCCC2)cc1S(=O)(=O)N1CCCCC1. The summed E-state index contributed by atoms with van der Waals surface area (Å²) < 4.78 is 27.9. The van der Waals surface area contributed by atoms with Crippen molar-refractivity contribution in [2.75, 3.05) is 25.0 Å². The molecule has 0 bridgehead atoms. The van der Waals surface area contributed by atoms with Crippen LogP contribution in [-0.2, 0) is 19.6 Å². The fraction of sp³-hybridized carbons (Fsp3) is 0.667. The Bertz CT molecular complexity index is 950. The lowest BCUT2D eigenvalue weighted by Gasteiger charge is -2.30. The summed E-state index contributed by atoms with van der Waals surface area (Å²) in [5, 5.41) is 2.90. The quantitative estimate of drug-likeness (QED) is 0.725. The molecule has 1 atom stereocenters. The molecule has 1 saturated carbocycles. The standard InChI is InChI=1S/C24H35N3O4S/c1-18-12-13-20(17-22(18)32(30,31)26-14-6-3-7-15-26)25-23(28)21-11-8-16-27(21)24(29)19-9-4-2-5-10-19/h12-13,17,19,21H,2-11,14-16H2,1H3,(H,25,28). The van der Waals surface area contributed by atoms with E-state index in [1.54, 1.807) is 34.3 Å². The second kappa shape index (κ2) is 9.91. The van der Waals surface area contributed by atoms with Crippen LogP contribution in [0.15, 0.2) is 23.1 Å². The normalized spacial score (nSPS) is 23.3. The number of piperidine rings is 1. The van der Waals surface area contributed by atoms with Crippen LogP contribution in [0.4, 0.5) is 5.69 Å². The van der Waals surface area contributed by atoms with Crippen molar-refractivity contribution in [3.05, 3.63) is 23.8 Å². The summed E-state index contributed by atoms with van der Waals surface area (Å²) in [4.78, 5) is 28.1. The molecule has 2 saturated heterocycles. The highest BCUT2D eigenvalue weighted by molar-refractivity contribution is 7.89. The van der Waals surface area contributed by atoms with Crippen LogP contribution in [0.2, 0.25) is 0 Å². The topological polar surface area (TPSA) is 86.8 Å². The Morgan fingerprint density at radius 1 is 0.906 bits per heavy atom. The van der Waals surface area contributed by atoms with Crippen molar-refractivity contribution in [2.45, 2.75) is 82.1 Å². The number of sulfonamides is 1. The van der Waals surface area contributed by atoms with E-state index in [1.165, 1.54) is 6.42 Å². The fourth-order valence-electron chi connectivity index (χ4n) is 5.31. The van der Waals surface area contributed by atoms with Gasteiger partial charge < -0.3 is 10.2 Å². The van der Waals surface area contributed by atoms with Gasteiger partial charge in [-0.3, -0.25) is 9.59 Å². The smallest absolute Gasteiger partial charge is 0.247 e. The van der Waals surface area contributed by atoms with Gasteiger partial charge in [0.1, 0.15) is 6.04 Å². The largest absolute Gasteiger partial charge is 0.330 e. The number of amides is 2. The third-order valence-electron chi connectivity index (χ3n) is 7.18. The summed E-state index contributed by atoms with van der Waals surface area (Å²) in [5.41, 5.74) is 1.14. The van der Waals surface area contributed by atoms with Crippen LogP contribution < -0.4 is 5.32 Å². The van der Waals surface area contributed by atoms with Crippen molar-refractivity contribution in [2.24, 2.45) is 5.92 Å². The van der Waals surface area contributed by atoms with E-state index < -0.39 is 16.1 Å². The van der Waals surface area contributed by atoms with Crippen molar-refractivity contribution in [3.8, 4) is 0 Å².